The van der Waals surface area contributed by atoms with Crippen LogP contribution < -0.4 is 5.32 Å². The van der Waals surface area contributed by atoms with Crippen molar-refractivity contribution >= 4 is 23.2 Å². The van der Waals surface area contributed by atoms with Crippen molar-refractivity contribution in [2.75, 3.05) is 6.54 Å². The van der Waals surface area contributed by atoms with Crippen molar-refractivity contribution in [1.82, 2.24) is 5.32 Å². The molecule has 1 aliphatic carbocycles. The molecule has 1 saturated carbocycles. The maximum absolute atomic E-state index is 6.30. The minimum atomic E-state index is 0.555. The third-order valence-corrected chi connectivity index (χ3v) is 4.33. The SMILES string of the molecule is CCCNC1CCCC(c2cc(Cl)ccc2Cl)C1. The van der Waals surface area contributed by atoms with Gasteiger partial charge >= 0.3 is 0 Å². The van der Waals surface area contributed by atoms with Crippen LogP contribution in [-0.2, 0) is 0 Å². The summed E-state index contributed by atoms with van der Waals surface area (Å²) in [5, 5.41) is 5.28. The molecule has 2 rings (SSSR count). The normalized spacial score (nSPS) is 24.2. The van der Waals surface area contributed by atoms with Gasteiger partial charge in [0.15, 0.2) is 0 Å². The van der Waals surface area contributed by atoms with Gasteiger partial charge in [-0.3, -0.25) is 0 Å². The fraction of sp³-hybridized carbons (Fsp3) is 0.600. The summed E-state index contributed by atoms with van der Waals surface area (Å²) in [5.74, 6) is 0.555. The molecule has 0 heterocycles. The Morgan fingerprint density at radius 3 is 2.89 bits per heavy atom. The Bertz CT molecular complexity index is 392. The topological polar surface area (TPSA) is 12.0 Å². The molecule has 0 radical (unpaired) electrons. The average Bonchev–Trinajstić information content (AvgIpc) is 2.39. The van der Waals surface area contributed by atoms with Crippen LogP contribution in [0.3, 0.4) is 0 Å². The molecule has 1 fully saturated rings. The highest BCUT2D eigenvalue weighted by atomic mass is 35.5. The summed E-state index contributed by atoms with van der Waals surface area (Å²) in [4.78, 5) is 0. The van der Waals surface area contributed by atoms with E-state index in [-0.39, 0.29) is 0 Å². The van der Waals surface area contributed by atoms with Crippen LogP contribution in [0.15, 0.2) is 18.2 Å². The summed E-state index contributed by atoms with van der Waals surface area (Å²) in [5.41, 5.74) is 1.23. The lowest BCUT2D eigenvalue weighted by Crippen LogP contribution is -2.34. The van der Waals surface area contributed by atoms with Crippen molar-refractivity contribution in [3.8, 4) is 0 Å². The van der Waals surface area contributed by atoms with E-state index in [9.17, 15) is 0 Å². The molecule has 0 amide bonds. The standard InChI is InChI=1S/C15H21Cl2N/c1-2-8-18-13-5-3-4-11(9-13)14-10-12(16)6-7-15(14)17/h6-7,10-11,13,18H,2-5,8-9H2,1H3. The van der Waals surface area contributed by atoms with Crippen LogP contribution >= 0.6 is 23.2 Å². The predicted octanol–water partition coefficient (Wildman–Crippen LogP) is 5.02. The molecule has 0 spiro atoms. The smallest absolute Gasteiger partial charge is 0.0441 e. The minimum absolute atomic E-state index is 0.555. The second-order valence-corrected chi connectivity index (χ2v) is 6.02. The summed E-state index contributed by atoms with van der Waals surface area (Å²) in [6.07, 6.45) is 6.16. The Morgan fingerprint density at radius 2 is 2.11 bits per heavy atom. The van der Waals surface area contributed by atoms with Gasteiger partial charge in [0.2, 0.25) is 0 Å². The summed E-state index contributed by atoms with van der Waals surface area (Å²) in [7, 11) is 0. The Kier molecular flexibility index (Phi) is 5.35. The quantitative estimate of drug-likeness (QED) is 0.819. The van der Waals surface area contributed by atoms with Crippen LogP contribution in [0.1, 0.15) is 50.5 Å². The highest BCUT2D eigenvalue weighted by Crippen LogP contribution is 2.37. The highest BCUT2D eigenvalue weighted by molar-refractivity contribution is 6.33. The van der Waals surface area contributed by atoms with Crippen molar-refractivity contribution in [2.45, 2.75) is 51.0 Å². The van der Waals surface area contributed by atoms with Gasteiger partial charge < -0.3 is 5.32 Å². The second kappa shape index (κ2) is 6.79. The fourth-order valence-corrected chi connectivity index (χ4v) is 3.29. The van der Waals surface area contributed by atoms with E-state index in [4.69, 9.17) is 23.2 Å². The largest absolute Gasteiger partial charge is 0.314 e. The molecule has 0 saturated heterocycles. The summed E-state index contributed by atoms with van der Waals surface area (Å²) >= 11 is 12.4. The molecule has 3 heteroatoms. The van der Waals surface area contributed by atoms with E-state index in [0.29, 0.717) is 12.0 Å². The van der Waals surface area contributed by atoms with Gasteiger partial charge in [-0.2, -0.15) is 0 Å². The van der Waals surface area contributed by atoms with Crippen LogP contribution in [0.4, 0.5) is 0 Å². The van der Waals surface area contributed by atoms with E-state index in [0.717, 1.165) is 16.6 Å². The van der Waals surface area contributed by atoms with Gasteiger partial charge in [-0.1, -0.05) is 36.5 Å². The van der Waals surface area contributed by atoms with Gasteiger partial charge in [-0.15, -0.1) is 0 Å². The van der Waals surface area contributed by atoms with E-state index < -0.39 is 0 Å². The first-order chi connectivity index (χ1) is 8.70. The van der Waals surface area contributed by atoms with E-state index in [1.165, 1.54) is 37.7 Å². The third-order valence-electron chi connectivity index (χ3n) is 3.76. The number of rotatable bonds is 4. The third kappa shape index (κ3) is 3.63. The molecular weight excluding hydrogens is 265 g/mol. The van der Waals surface area contributed by atoms with Crippen molar-refractivity contribution in [3.63, 3.8) is 0 Å². The lowest BCUT2D eigenvalue weighted by atomic mass is 9.81. The molecule has 0 aromatic heterocycles. The maximum atomic E-state index is 6.30. The average molecular weight is 286 g/mol. The molecule has 1 aromatic rings. The number of benzene rings is 1. The molecule has 100 valence electrons. The monoisotopic (exact) mass is 285 g/mol. The lowest BCUT2D eigenvalue weighted by molar-refractivity contribution is 0.340. The first kappa shape index (κ1) is 14.2. The van der Waals surface area contributed by atoms with Gasteiger partial charge in [0.25, 0.3) is 0 Å². The van der Waals surface area contributed by atoms with Gasteiger partial charge in [0.05, 0.1) is 0 Å². The van der Waals surface area contributed by atoms with Crippen molar-refractivity contribution in [1.29, 1.82) is 0 Å². The molecule has 1 aromatic carbocycles. The zero-order valence-electron chi connectivity index (χ0n) is 10.9. The molecular formula is C15H21Cl2N. The maximum Gasteiger partial charge on any atom is 0.0441 e. The van der Waals surface area contributed by atoms with E-state index in [2.05, 4.69) is 12.2 Å². The number of halogens is 2. The minimum Gasteiger partial charge on any atom is -0.314 e. The van der Waals surface area contributed by atoms with Crippen LogP contribution in [0, 0.1) is 0 Å². The highest BCUT2D eigenvalue weighted by Gasteiger charge is 2.24. The number of hydrogen-bond donors (Lipinski definition) is 1. The Morgan fingerprint density at radius 1 is 1.28 bits per heavy atom. The van der Waals surface area contributed by atoms with Gasteiger partial charge in [0.1, 0.15) is 0 Å². The number of hydrogen-bond acceptors (Lipinski definition) is 1. The van der Waals surface area contributed by atoms with Crippen molar-refractivity contribution in [3.05, 3.63) is 33.8 Å². The van der Waals surface area contributed by atoms with E-state index in [1.54, 1.807) is 0 Å². The Balaban J connectivity index is 2.05. The molecule has 1 nitrogen and oxygen atoms in total. The number of nitrogens with one attached hydrogen (secondary N) is 1. The molecule has 1 aliphatic rings. The lowest BCUT2D eigenvalue weighted by Gasteiger charge is -2.30. The van der Waals surface area contributed by atoms with Gasteiger partial charge in [-0.25, -0.2) is 0 Å². The van der Waals surface area contributed by atoms with Gasteiger partial charge in [-0.05, 0) is 61.9 Å². The van der Waals surface area contributed by atoms with E-state index >= 15 is 0 Å². The van der Waals surface area contributed by atoms with Crippen molar-refractivity contribution < 1.29 is 0 Å². The van der Waals surface area contributed by atoms with Crippen LogP contribution in [0.2, 0.25) is 10.0 Å². The fourth-order valence-electron chi connectivity index (χ4n) is 2.83. The molecule has 18 heavy (non-hydrogen) atoms. The predicted molar refractivity (Wildman–Crippen MR) is 79.8 cm³/mol. The molecule has 2 atom stereocenters. The summed E-state index contributed by atoms with van der Waals surface area (Å²) in [6.45, 7) is 3.32. The van der Waals surface area contributed by atoms with E-state index in [1.807, 2.05) is 18.2 Å². The first-order valence-electron chi connectivity index (χ1n) is 6.89. The Hall–Kier alpha value is -0.240. The van der Waals surface area contributed by atoms with Crippen LogP contribution in [0.5, 0.6) is 0 Å². The molecule has 0 aliphatic heterocycles. The molecule has 2 unspecified atom stereocenters. The van der Waals surface area contributed by atoms with Crippen molar-refractivity contribution in [2.24, 2.45) is 0 Å². The Labute approximate surface area is 120 Å². The van der Waals surface area contributed by atoms with Crippen LogP contribution in [0.25, 0.3) is 0 Å². The second-order valence-electron chi connectivity index (χ2n) is 5.18. The zero-order chi connectivity index (χ0) is 13.0. The summed E-state index contributed by atoms with van der Waals surface area (Å²) < 4.78 is 0. The molecule has 1 N–H and O–H groups in total. The first-order valence-corrected chi connectivity index (χ1v) is 7.64. The molecule has 0 bridgehead atoms. The zero-order valence-corrected chi connectivity index (χ0v) is 12.4. The van der Waals surface area contributed by atoms with Crippen LogP contribution in [-0.4, -0.2) is 12.6 Å². The van der Waals surface area contributed by atoms with Gasteiger partial charge in [0, 0.05) is 16.1 Å². The summed E-state index contributed by atoms with van der Waals surface area (Å²) in [6, 6.07) is 6.46.